The van der Waals surface area contributed by atoms with Crippen LogP contribution in [0.15, 0.2) is 121 Å². The van der Waals surface area contributed by atoms with Crippen molar-refractivity contribution in [1.29, 1.82) is 0 Å². The summed E-state index contributed by atoms with van der Waals surface area (Å²) in [5.41, 5.74) is 17.9. The van der Waals surface area contributed by atoms with Gasteiger partial charge in [-0.25, -0.2) is 0 Å². The summed E-state index contributed by atoms with van der Waals surface area (Å²) >= 11 is 0. The molecule has 4 aromatic carbocycles. The Balaban J connectivity index is 1.50. The summed E-state index contributed by atoms with van der Waals surface area (Å²) in [6.45, 7) is 2.32. The Hall–Kier alpha value is -3.07. The fourth-order valence-electron chi connectivity index (χ4n) is 5.18. The van der Waals surface area contributed by atoms with Crippen molar-refractivity contribution in [3.05, 3.63) is 144 Å². The summed E-state index contributed by atoms with van der Waals surface area (Å²) < 4.78 is 0. The summed E-state index contributed by atoms with van der Waals surface area (Å²) in [4.78, 5) is 0. The van der Waals surface area contributed by atoms with Crippen molar-refractivity contribution in [2.24, 2.45) is 11.5 Å². The third-order valence-electron chi connectivity index (χ3n) is 7.09. The zero-order chi connectivity index (χ0) is 23.9. The van der Waals surface area contributed by atoms with Gasteiger partial charge in [0.25, 0.3) is 0 Å². The van der Waals surface area contributed by atoms with Gasteiger partial charge in [0.05, 0.1) is 0 Å². The van der Waals surface area contributed by atoms with Gasteiger partial charge >= 0.3 is 0 Å². The Kier molecular flexibility index (Phi) is 7.72. The lowest BCUT2D eigenvalue weighted by atomic mass is 9.43. The molecule has 4 heteroatoms. The molecule has 0 aromatic heterocycles. The summed E-state index contributed by atoms with van der Waals surface area (Å²) in [5.74, 6) is 0.446. The van der Waals surface area contributed by atoms with E-state index in [1.165, 1.54) is 0 Å². The van der Waals surface area contributed by atoms with Crippen molar-refractivity contribution in [1.82, 2.24) is 0 Å². The van der Waals surface area contributed by atoms with Crippen LogP contribution in [0.5, 0.6) is 0 Å². The first kappa shape index (κ1) is 24.1. The van der Waals surface area contributed by atoms with Crippen LogP contribution < -0.4 is 11.5 Å². The Morgan fingerprint density at radius 1 is 0.559 bits per heavy atom. The van der Waals surface area contributed by atoms with E-state index < -0.39 is 10.9 Å². The van der Waals surface area contributed by atoms with E-state index in [4.69, 9.17) is 11.5 Å². The predicted octanol–water partition coefficient (Wildman–Crippen LogP) is 5.20. The average Bonchev–Trinajstić information content (AvgIpc) is 2.90. The summed E-state index contributed by atoms with van der Waals surface area (Å²) in [5, 5.41) is 0. The van der Waals surface area contributed by atoms with Crippen LogP contribution in [0.1, 0.15) is 35.6 Å². The molecule has 4 aromatic rings. The van der Waals surface area contributed by atoms with Crippen LogP contribution in [0.25, 0.3) is 0 Å². The molecule has 4 N–H and O–H groups in total. The van der Waals surface area contributed by atoms with E-state index in [-0.39, 0.29) is 0 Å². The van der Waals surface area contributed by atoms with Gasteiger partial charge in [-0.05, 0) is 22.3 Å². The highest BCUT2D eigenvalue weighted by atomic mass is 14.7. The zero-order valence-electron chi connectivity index (χ0n) is 20.1. The number of hydrogen-bond acceptors (Lipinski definition) is 2. The number of benzene rings is 4. The highest BCUT2D eigenvalue weighted by Crippen LogP contribution is 2.32. The first-order valence-electron chi connectivity index (χ1n) is 12.3. The molecule has 0 aliphatic heterocycles. The van der Waals surface area contributed by atoms with Crippen molar-refractivity contribution >= 4 is 14.6 Å². The minimum Gasteiger partial charge on any atom is -0.325 e. The molecule has 0 amide bonds. The van der Waals surface area contributed by atoms with Gasteiger partial charge in [-0.15, -0.1) is 0 Å². The fraction of sp³-hybridized carbons (Fsp3) is 0.200. The van der Waals surface area contributed by atoms with Crippen molar-refractivity contribution in [2.75, 3.05) is 0 Å². The molecule has 0 spiro atoms. The van der Waals surface area contributed by atoms with E-state index >= 15 is 0 Å². The number of nitrogens with two attached hydrogens (primary N) is 2. The molecule has 0 heterocycles. The molecule has 2 nitrogen and oxygen atoms in total. The van der Waals surface area contributed by atoms with E-state index in [1.54, 1.807) is 0 Å². The zero-order valence-corrected chi connectivity index (χ0v) is 20.1. The van der Waals surface area contributed by atoms with Crippen molar-refractivity contribution < 1.29 is 0 Å². The second kappa shape index (κ2) is 10.9. The van der Waals surface area contributed by atoms with E-state index in [9.17, 15) is 0 Å². The molecule has 0 radical (unpaired) electrons. The van der Waals surface area contributed by atoms with Gasteiger partial charge in [-0.2, -0.15) is 0 Å². The van der Waals surface area contributed by atoms with Gasteiger partial charge in [-0.3, -0.25) is 0 Å². The third-order valence-corrected chi connectivity index (χ3v) is 7.09. The molecule has 1 unspecified atom stereocenters. The van der Waals surface area contributed by atoms with Gasteiger partial charge in [0.1, 0.15) is 0 Å². The minimum absolute atomic E-state index is 0.446. The number of rotatable bonds is 10. The van der Waals surface area contributed by atoms with Crippen molar-refractivity contribution in [2.45, 2.75) is 36.4 Å². The van der Waals surface area contributed by atoms with Gasteiger partial charge in [-0.1, -0.05) is 147 Å². The lowest BCUT2D eigenvalue weighted by Gasteiger charge is -2.34. The van der Waals surface area contributed by atoms with Gasteiger partial charge in [0, 0.05) is 10.9 Å². The normalized spacial score (nSPS) is 12.7. The molecular weight excluding hydrogens is 410 g/mol. The van der Waals surface area contributed by atoms with Crippen LogP contribution in [-0.4, -0.2) is 14.6 Å². The molecule has 0 aliphatic rings. The highest BCUT2D eigenvalue weighted by Gasteiger charge is 2.34. The second-order valence-corrected chi connectivity index (χ2v) is 9.61. The van der Waals surface area contributed by atoms with E-state index in [0.717, 1.165) is 49.6 Å². The van der Waals surface area contributed by atoms with E-state index in [1.807, 2.05) is 24.3 Å². The maximum Gasteiger partial charge on any atom is 0.160 e. The third kappa shape index (κ3) is 5.35. The second-order valence-electron chi connectivity index (χ2n) is 9.61. The first-order chi connectivity index (χ1) is 16.5. The van der Waals surface area contributed by atoms with Crippen LogP contribution in [0, 0.1) is 0 Å². The van der Waals surface area contributed by atoms with Crippen LogP contribution >= 0.6 is 0 Å². The average molecular weight is 444 g/mol. The molecule has 0 saturated carbocycles. The standard InChI is InChI=1S/C30H34B2N2/c1-24(32-30(34,27-18-10-4-11-19-27)28-20-12-5-13-21-28)22-23-31-29(33,25-14-6-2-7-15-25)26-16-8-3-9-17-26/h2-21,24,31-32H,22-23,33-34H2,1H3. The van der Waals surface area contributed by atoms with Crippen LogP contribution in [0.3, 0.4) is 0 Å². The van der Waals surface area contributed by atoms with E-state index in [2.05, 4.69) is 104 Å². The molecule has 4 rings (SSSR count). The largest absolute Gasteiger partial charge is 0.325 e. The van der Waals surface area contributed by atoms with Crippen molar-refractivity contribution in [3.8, 4) is 0 Å². The predicted molar refractivity (Wildman–Crippen MR) is 149 cm³/mol. The van der Waals surface area contributed by atoms with Crippen molar-refractivity contribution in [3.63, 3.8) is 0 Å². The summed E-state index contributed by atoms with van der Waals surface area (Å²) in [6.07, 6.45) is 2.10. The van der Waals surface area contributed by atoms with Gasteiger partial charge < -0.3 is 11.5 Å². The molecule has 0 aliphatic carbocycles. The Bertz CT molecular complexity index is 1060. The topological polar surface area (TPSA) is 52.0 Å². The Morgan fingerprint density at radius 3 is 1.24 bits per heavy atom. The Labute approximate surface area is 205 Å². The molecule has 0 bridgehead atoms. The fourth-order valence-corrected chi connectivity index (χ4v) is 5.18. The molecule has 34 heavy (non-hydrogen) atoms. The lowest BCUT2D eigenvalue weighted by Crippen LogP contribution is -2.46. The monoisotopic (exact) mass is 444 g/mol. The maximum absolute atomic E-state index is 7.16. The van der Waals surface area contributed by atoms with Crippen LogP contribution in [0.2, 0.25) is 12.1 Å². The van der Waals surface area contributed by atoms with Crippen LogP contribution in [-0.2, 0) is 10.9 Å². The SMILES string of the molecule is CC(BC(N)(c1ccccc1)c1ccccc1)CCBC(N)(c1ccccc1)c1ccccc1. The molecule has 170 valence electrons. The van der Waals surface area contributed by atoms with Gasteiger partial charge in [0.2, 0.25) is 0 Å². The summed E-state index contributed by atoms with van der Waals surface area (Å²) in [6, 6.07) is 42.0. The number of hydrogen-bond donors (Lipinski definition) is 2. The van der Waals surface area contributed by atoms with Crippen LogP contribution in [0.4, 0.5) is 0 Å². The Morgan fingerprint density at radius 2 is 0.882 bits per heavy atom. The molecule has 0 saturated heterocycles. The quantitative estimate of drug-likeness (QED) is 0.331. The summed E-state index contributed by atoms with van der Waals surface area (Å²) in [7, 11) is 1.77. The maximum atomic E-state index is 7.16. The van der Waals surface area contributed by atoms with Gasteiger partial charge in [0.15, 0.2) is 14.6 Å². The lowest BCUT2D eigenvalue weighted by molar-refractivity contribution is 0.713. The first-order valence-corrected chi connectivity index (χ1v) is 12.3. The van der Waals surface area contributed by atoms with E-state index in [0.29, 0.717) is 5.82 Å². The smallest absolute Gasteiger partial charge is 0.160 e. The molecular formula is C30H34B2N2. The highest BCUT2D eigenvalue weighted by molar-refractivity contribution is 6.44. The minimum atomic E-state index is -0.513. The molecule has 0 fully saturated rings. The molecule has 1 atom stereocenters.